The van der Waals surface area contributed by atoms with Crippen molar-refractivity contribution >= 4 is 23.0 Å². The number of aliphatic hydroxyl groups excluding tert-OH is 1. The molecule has 2 aliphatic heterocycles. The van der Waals surface area contributed by atoms with Gasteiger partial charge in [-0.05, 0) is 54.5 Å². The zero-order valence-electron chi connectivity index (χ0n) is 16.7. The maximum Gasteiger partial charge on any atom is 0.456 e. The fraction of sp³-hybridized carbons (Fsp3) is 0.600. The van der Waals surface area contributed by atoms with Crippen LogP contribution in [-0.4, -0.2) is 42.8 Å². The van der Waals surface area contributed by atoms with Crippen LogP contribution in [0.15, 0.2) is 33.3 Å². The zero-order valence-corrected chi connectivity index (χ0v) is 17.5. The van der Waals surface area contributed by atoms with Gasteiger partial charge in [0.25, 0.3) is 0 Å². The third kappa shape index (κ3) is 4.45. The summed E-state index contributed by atoms with van der Waals surface area (Å²) in [6.45, 7) is 5.94. The van der Waals surface area contributed by atoms with Gasteiger partial charge in [-0.1, -0.05) is 26.3 Å². The molecule has 0 bridgehead atoms. The smallest absolute Gasteiger partial charge is 0.456 e. The molecule has 2 aliphatic rings. The Morgan fingerprint density at radius 2 is 2.14 bits per heavy atom. The Kier molecular flexibility index (Phi) is 6.54. The molecule has 154 valence electrons. The summed E-state index contributed by atoms with van der Waals surface area (Å²) in [4.78, 5) is 0. The summed E-state index contributed by atoms with van der Waals surface area (Å²) in [6.07, 6.45) is 3.84. The molecule has 1 aromatic heterocycles. The molecule has 0 unspecified atom stereocenters. The van der Waals surface area contributed by atoms with E-state index < -0.39 is 22.2 Å². The Balaban J connectivity index is 1.80. The molecule has 8 heteroatoms. The van der Waals surface area contributed by atoms with Gasteiger partial charge < -0.3 is 19.2 Å². The van der Waals surface area contributed by atoms with Crippen LogP contribution in [0.4, 0.5) is 0 Å². The summed E-state index contributed by atoms with van der Waals surface area (Å²) < 4.78 is 36.6. The van der Waals surface area contributed by atoms with Crippen molar-refractivity contribution in [1.29, 1.82) is 0 Å². The van der Waals surface area contributed by atoms with Crippen LogP contribution in [0.2, 0.25) is 6.32 Å². The predicted molar refractivity (Wildman–Crippen MR) is 109 cm³/mol. The highest BCUT2D eigenvalue weighted by Gasteiger charge is 2.48. The van der Waals surface area contributed by atoms with Crippen molar-refractivity contribution < 1.29 is 27.6 Å². The van der Waals surface area contributed by atoms with Crippen LogP contribution < -0.4 is 0 Å². The van der Waals surface area contributed by atoms with E-state index >= 15 is 0 Å². The molecular formula is C20H29BO6S. The Morgan fingerprint density at radius 1 is 1.39 bits per heavy atom. The lowest BCUT2D eigenvalue weighted by molar-refractivity contribution is 0.169. The van der Waals surface area contributed by atoms with Gasteiger partial charge in [-0.25, -0.2) is 8.42 Å². The van der Waals surface area contributed by atoms with Gasteiger partial charge in [0.2, 0.25) is 0 Å². The highest BCUT2D eigenvalue weighted by atomic mass is 32.2. The molecule has 0 radical (unpaired) electrons. The van der Waals surface area contributed by atoms with Crippen LogP contribution in [-0.2, 0) is 21.1 Å². The van der Waals surface area contributed by atoms with Crippen molar-refractivity contribution in [1.82, 2.24) is 0 Å². The quantitative estimate of drug-likeness (QED) is 0.532. The molecule has 1 fully saturated rings. The third-order valence-corrected chi connectivity index (χ3v) is 7.68. The summed E-state index contributed by atoms with van der Waals surface area (Å²) in [7, 11) is -4.32. The van der Waals surface area contributed by atoms with Crippen molar-refractivity contribution in [2.45, 2.75) is 64.3 Å². The van der Waals surface area contributed by atoms with Crippen LogP contribution in [0.3, 0.4) is 0 Å². The lowest BCUT2D eigenvalue weighted by Gasteiger charge is -2.32. The molecular weight excluding hydrogens is 379 g/mol. The molecule has 2 atom stereocenters. The number of fused-ring (bicyclic) bond motifs is 1. The van der Waals surface area contributed by atoms with Crippen LogP contribution in [0.25, 0.3) is 6.08 Å². The Hall–Kier alpha value is -1.35. The summed E-state index contributed by atoms with van der Waals surface area (Å²) in [5.74, 6) is 1.42. The average Bonchev–Trinajstić information content (AvgIpc) is 3.20. The Labute approximate surface area is 167 Å². The SMILES string of the molecule is CC/C(=C\c1ccc(CO)o1)CC[C@H]1OB(O)C[C@H]2C1=C(C(C)C)CS2(=O)=O. The number of furan rings is 1. The summed E-state index contributed by atoms with van der Waals surface area (Å²) >= 11 is 0. The fourth-order valence-corrected chi connectivity index (χ4v) is 6.42. The van der Waals surface area contributed by atoms with Gasteiger partial charge in [-0.3, -0.25) is 0 Å². The average molecular weight is 408 g/mol. The number of aliphatic hydroxyl groups is 1. The normalized spacial score (nSPS) is 24.9. The number of allylic oxidation sites excluding steroid dienone is 1. The van der Waals surface area contributed by atoms with E-state index in [1.54, 1.807) is 6.07 Å². The highest BCUT2D eigenvalue weighted by molar-refractivity contribution is 7.92. The van der Waals surface area contributed by atoms with Crippen molar-refractivity contribution in [3.63, 3.8) is 0 Å². The monoisotopic (exact) mass is 408 g/mol. The highest BCUT2D eigenvalue weighted by Crippen LogP contribution is 2.41. The minimum atomic E-state index is -3.27. The largest absolute Gasteiger partial charge is 0.459 e. The molecule has 1 aromatic rings. The first-order chi connectivity index (χ1) is 13.2. The van der Waals surface area contributed by atoms with Crippen LogP contribution in [0.5, 0.6) is 0 Å². The minimum Gasteiger partial charge on any atom is -0.459 e. The van der Waals surface area contributed by atoms with E-state index in [1.165, 1.54) is 0 Å². The standard InChI is InChI=1S/C20H29BO6S/c1-4-14(9-15-6-7-16(11-22)26-15)5-8-18-20-17(13(2)3)12-28(24,25)19(20)10-21(23)27-18/h6-7,9,13,18-19,22-23H,4-5,8,10-12H2,1-3H3/b14-9+/t18-,19+/m1/s1. The van der Waals surface area contributed by atoms with Crippen molar-refractivity contribution in [3.05, 3.63) is 40.4 Å². The van der Waals surface area contributed by atoms with Crippen LogP contribution >= 0.6 is 0 Å². The van der Waals surface area contributed by atoms with Crippen LogP contribution in [0.1, 0.15) is 51.6 Å². The molecule has 3 heterocycles. The van der Waals surface area contributed by atoms with Gasteiger partial charge in [0.05, 0.1) is 17.1 Å². The first-order valence-electron chi connectivity index (χ1n) is 9.92. The van der Waals surface area contributed by atoms with E-state index in [0.717, 1.165) is 23.1 Å². The van der Waals surface area contributed by atoms with E-state index in [0.29, 0.717) is 24.4 Å². The number of rotatable bonds is 7. The molecule has 1 saturated heterocycles. The summed E-state index contributed by atoms with van der Waals surface area (Å²) in [5.41, 5.74) is 2.96. The van der Waals surface area contributed by atoms with E-state index in [4.69, 9.17) is 14.2 Å². The second-order valence-electron chi connectivity index (χ2n) is 7.90. The summed E-state index contributed by atoms with van der Waals surface area (Å²) in [5, 5.41) is 18.6. The van der Waals surface area contributed by atoms with Gasteiger partial charge in [-0.2, -0.15) is 0 Å². The number of sulfone groups is 1. The molecule has 6 nitrogen and oxygen atoms in total. The van der Waals surface area contributed by atoms with Gasteiger partial charge in [0.15, 0.2) is 9.84 Å². The van der Waals surface area contributed by atoms with Gasteiger partial charge in [-0.15, -0.1) is 0 Å². The number of hydrogen-bond acceptors (Lipinski definition) is 6. The fourth-order valence-electron chi connectivity index (χ4n) is 4.14. The van der Waals surface area contributed by atoms with E-state index in [-0.39, 0.29) is 30.7 Å². The number of hydrogen-bond donors (Lipinski definition) is 2. The van der Waals surface area contributed by atoms with E-state index in [1.807, 2.05) is 26.0 Å². The molecule has 3 rings (SSSR count). The van der Waals surface area contributed by atoms with E-state index in [9.17, 15) is 13.4 Å². The minimum absolute atomic E-state index is 0.0735. The molecule has 0 aliphatic carbocycles. The molecule has 0 aromatic carbocycles. The van der Waals surface area contributed by atoms with Gasteiger partial charge in [0.1, 0.15) is 18.1 Å². The maximum atomic E-state index is 12.6. The van der Waals surface area contributed by atoms with Gasteiger partial charge in [0, 0.05) is 6.32 Å². The molecule has 2 N–H and O–H groups in total. The first-order valence-corrected chi connectivity index (χ1v) is 11.6. The lowest BCUT2D eigenvalue weighted by Crippen LogP contribution is -2.42. The topological polar surface area (TPSA) is 97.0 Å². The predicted octanol–water partition coefficient (Wildman–Crippen LogP) is 2.97. The van der Waals surface area contributed by atoms with Gasteiger partial charge >= 0.3 is 7.12 Å². The second kappa shape index (κ2) is 8.57. The lowest BCUT2D eigenvalue weighted by atomic mass is 9.74. The molecule has 28 heavy (non-hydrogen) atoms. The molecule has 0 saturated carbocycles. The van der Waals surface area contributed by atoms with Crippen molar-refractivity contribution in [3.8, 4) is 0 Å². The molecule has 0 amide bonds. The first kappa shape index (κ1) is 21.4. The van der Waals surface area contributed by atoms with Crippen molar-refractivity contribution in [2.75, 3.05) is 5.75 Å². The maximum absolute atomic E-state index is 12.6. The second-order valence-corrected chi connectivity index (χ2v) is 10.1. The van der Waals surface area contributed by atoms with E-state index in [2.05, 4.69) is 6.92 Å². The van der Waals surface area contributed by atoms with Crippen molar-refractivity contribution in [2.24, 2.45) is 5.92 Å². The molecule has 0 spiro atoms. The Bertz CT molecular complexity index is 867. The third-order valence-electron chi connectivity index (χ3n) is 5.66. The zero-order chi connectivity index (χ0) is 20.5. The van der Waals surface area contributed by atoms with Crippen LogP contribution in [0, 0.1) is 5.92 Å². The summed E-state index contributed by atoms with van der Waals surface area (Å²) in [6, 6.07) is 3.56. The Morgan fingerprint density at radius 3 is 2.75 bits per heavy atom.